The molecule has 4 aliphatic rings. The molecule has 0 bridgehead atoms. The Hall–Kier alpha value is -0.600. The van der Waals surface area contributed by atoms with Gasteiger partial charge in [-0.05, 0) is 74.5 Å². The summed E-state index contributed by atoms with van der Waals surface area (Å²) in [6, 6.07) is 0. The van der Waals surface area contributed by atoms with Crippen LogP contribution in [0.15, 0.2) is 0 Å². The predicted octanol–water partition coefficient (Wildman–Crippen LogP) is 9.62. The van der Waals surface area contributed by atoms with Crippen molar-refractivity contribution in [2.45, 2.75) is 152 Å². The molecule has 0 amide bonds. The molecule has 1 nitrogen and oxygen atoms in total. The van der Waals surface area contributed by atoms with Crippen LogP contribution in [0.1, 0.15) is 103 Å². The van der Waals surface area contributed by atoms with Gasteiger partial charge in [0.2, 0.25) is 0 Å². The van der Waals surface area contributed by atoms with Crippen LogP contribution in [-0.2, 0) is 4.74 Å². The first-order valence-corrected chi connectivity index (χ1v) is 15.4. The van der Waals surface area contributed by atoms with E-state index in [-0.39, 0.29) is 5.92 Å². The summed E-state index contributed by atoms with van der Waals surface area (Å²) in [5.41, 5.74) is 0. The average Bonchev–Trinajstić information content (AvgIpc) is 2.87. The van der Waals surface area contributed by atoms with E-state index in [2.05, 4.69) is 11.7 Å². The van der Waals surface area contributed by atoms with Gasteiger partial charge in [0, 0.05) is 12.8 Å². The van der Waals surface area contributed by atoms with Crippen molar-refractivity contribution in [2.75, 3.05) is 0 Å². The molecule has 0 heterocycles. The van der Waals surface area contributed by atoms with Gasteiger partial charge >= 0.3 is 6.11 Å². The molecule has 7 atom stereocenters. The Kier molecular flexibility index (Phi) is 10.9. The Labute approximate surface area is 228 Å². The van der Waals surface area contributed by atoms with Crippen molar-refractivity contribution in [3.8, 4) is 0 Å². The number of unbranched alkanes of at least 4 members (excludes halogenated alkanes) is 2. The highest BCUT2D eigenvalue weighted by atomic mass is 19.3. The van der Waals surface area contributed by atoms with E-state index in [1.807, 2.05) is 0 Å². The Morgan fingerprint density at radius 2 is 1.18 bits per heavy atom. The Morgan fingerprint density at radius 1 is 0.615 bits per heavy atom. The lowest BCUT2D eigenvalue weighted by Gasteiger charge is -2.45. The van der Waals surface area contributed by atoms with Crippen LogP contribution < -0.4 is 0 Å². The number of hydrogen-bond acceptors (Lipinski definition) is 1. The summed E-state index contributed by atoms with van der Waals surface area (Å²) in [4.78, 5) is 0. The lowest BCUT2D eigenvalue weighted by atomic mass is 9.63. The van der Waals surface area contributed by atoms with Gasteiger partial charge in [-0.3, -0.25) is 0 Å². The zero-order valence-electron chi connectivity index (χ0n) is 23.0. The van der Waals surface area contributed by atoms with Gasteiger partial charge in [0.15, 0.2) is 6.17 Å². The summed E-state index contributed by atoms with van der Waals surface area (Å²) in [6.45, 7) is 2.20. The molecule has 9 heteroatoms. The summed E-state index contributed by atoms with van der Waals surface area (Å²) < 4.78 is 120. The molecule has 0 spiro atoms. The molecule has 0 aromatic rings. The summed E-state index contributed by atoms with van der Waals surface area (Å²) in [5.74, 6) is -2.16. The van der Waals surface area contributed by atoms with E-state index in [0.29, 0.717) is 18.8 Å². The van der Waals surface area contributed by atoms with Crippen molar-refractivity contribution in [3.05, 3.63) is 0 Å². The van der Waals surface area contributed by atoms with Crippen LogP contribution in [0.4, 0.5) is 35.1 Å². The number of halogens is 8. The maximum atomic E-state index is 15.4. The summed E-state index contributed by atoms with van der Waals surface area (Å²) in [7, 11) is 0. The molecule has 0 saturated heterocycles. The molecule has 4 aliphatic carbocycles. The molecule has 0 N–H and O–H groups in total. The van der Waals surface area contributed by atoms with Crippen LogP contribution in [-0.4, -0.2) is 49.2 Å². The molecular weight excluding hydrogens is 528 g/mol. The van der Waals surface area contributed by atoms with E-state index in [4.69, 9.17) is 0 Å². The largest absolute Gasteiger partial charge is 0.364 e. The smallest absolute Gasteiger partial charge is 0.317 e. The van der Waals surface area contributed by atoms with E-state index in [1.54, 1.807) is 0 Å². The van der Waals surface area contributed by atoms with Crippen molar-refractivity contribution in [1.82, 2.24) is 0 Å². The standard InChI is InChI=1S/C30H46F8O/c1-2-3-4-5-17-6-8-18(9-7-17)19-10-11-22(23(31)12-19)20-13-24(32)28(25(33)14-20)30(37,38)39-21-15-26(34)29(36)27(35)16-21/h17-29H,2-16H2,1H3. The number of rotatable bonds is 9. The summed E-state index contributed by atoms with van der Waals surface area (Å²) in [6.07, 6.45) is -9.89. The molecule has 0 aliphatic heterocycles. The molecule has 7 unspecified atom stereocenters. The molecule has 4 saturated carbocycles. The molecule has 4 rings (SSSR count). The highest BCUT2D eigenvalue weighted by Crippen LogP contribution is 2.51. The van der Waals surface area contributed by atoms with Crippen LogP contribution in [0.25, 0.3) is 0 Å². The van der Waals surface area contributed by atoms with Crippen LogP contribution in [0, 0.1) is 35.5 Å². The lowest BCUT2D eigenvalue weighted by Crippen LogP contribution is -2.52. The van der Waals surface area contributed by atoms with Gasteiger partial charge in [0.25, 0.3) is 0 Å². The minimum atomic E-state index is -4.31. The van der Waals surface area contributed by atoms with Gasteiger partial charge in [-0.15, -0.1) is 0 Å². The fourth-order valence-corrected chi connectivity index (χ4v) is 8.21. The highest BCUT2D eigenvalue weighted by Gasteiger charge is 2.57. The van der Waals surface area contributed by atoms with Crippen molar-refractivity contribution >= 4 is 0 Å². The first-order chi connectivity index (χ1) is 18.5. The molecule has 228 valence electrons. The normalized spacial score (nSPS) is 46.2. The molecule has 0 radical (unpaired) electrons. The summed E-state index contributed by atoms with van der Waals surface area (Å²) in [5, 5.41) is 0. The molecule has 0 aromatic carbocycles. The molecule has 4 fully saturated rings. The third-order valence-corrected chi connectivity index (χ3v) is 10.5. The minimum Gasteiger partial charge on any atom is -0.317 e. The second-order valence-corrected chi connectivity index (χ2v) is 13.1. The van der Waals surface area contributed by atoms with E-state index in [0.717, 1.165) is 25.2 Å². The Bertz CT molecular complexity index is 722. The Morgan fingerprint density at radius 3 is 1.74 bits per heavy atom. The van der Waals surface area contributed by atoms with Crippen molar-refractivity contribution in [2.24, 2.45) is 35.5 Å². The van der Waals surface area contributed by atoms with Gasteiger partial charge in [0.05, 0.1) is 6.10 Å². The first-order valence-electron chi connectivity index (χ1n) is 15.4. The van der Waals surface area contributed by atoms with Crippen LogP contribution >= 0.6 is 0 Å². The predicted molar refractivity (Wildman–Crippen MR) is 135 cm³/mol. The second kappa shape index (κ2) is 13.6. The van der Waals surface area contributed by atoms with E-state index >= 15 is 13.2 Å². The maximum Gasteiger partial charge on any atom is 0.364 e. The van der Waals surface area contributed by atoms with Crippen LogP contribution in [0.5, 0.6) is 0 Å². The number of alkyl halides is 8. The third kappa shape index (κ3) is 7.63. The molecular formula is C30H46F8O. The van der Waals surface area contributed by atoms with Gasteiger partial charge in [-0.25, -0.2) is 26.3 Å². The topological polar surface area (TPSA) is 9.23 Å². The lowest BCUT2D eigenvalue weighted by molar-refractivity contribution is -0.323. The fourth-order valence-electron chi connectivity index (χ4n) is 8.21. The van der Waals surface area contributed by atoms with Gasteiger partial charge in [-0.2, -0.15) is 8.78 Å². The molecule has 39 heavy (non-hydrogen) atoms. The third-order valence-electron chi connectivity index (χ3n) is 10.5. The zero-order chi connectivity index (χ0) is 28.3. The number of hydrogen-bond donors (Lipinski definition) is 0. The quantitative estimate of drug-likeness (QED) is 0.197. The van der Waals surface area contributed by atoms with Crippen LogP contribution in [0.2, 0.25) is 0 Å². The Balaban J connectivity index is 1.26. The van der Waals surface area contributed by atoms with E-state index in [9.17, 15) is 22.0 Å². The van der Waals surface area contributed by atoms with Gasteiger partial charge in [0.1, 0.15) is 36.8 Å². The molecule has 0 aromatic heterocycles. The zero-order valence-corrected chi connectivity index (χ0v) is 23.0. The minimum absolute atomic E-state index is 0.266. The van der Waals surface area contributed by atoms with Crippen molar-refractivity contribution in [3.63, 3.8) is 0 Å². The maximum absolute atomic E-state index is 15.4. The summed E-state index contributed by atoms with van der Waals surface area (Å²) >= 11 is 0. The fraction of sp³-hybridized carbons (Fsp3) is 1.00. The number of ether oxygens (including phenoxy) is 1. The van der Waals surface area contributed by atoms with Gasteiger partial charge < -0.3 is 4.74 Å². The average molecular weight is 575 g/mol. The first kappa shape index (κ1) is 31.3. The van der Waals surface area contributed by atoms with Gasteiger partial charge in [-0.1, -0.05) is 45.4 Å². The van der Waals surface area contributed by atoms with E-state index in [1.165, 1.54) is 38.5 Å². The SMILES string of the molecule is CCCCCC1CCC(C2CCC(C3CC(F)C(C(F)(F)OC4CC(F)C(F)C(F)C4)C(F)C3)C(F)C2)CC1. The van der Waals surface area contributed by atoms with E-state index < -0.39 is 92.7 Å². The second-order valence-electron chi connectivity index (χ2n) is 13.1. The van der Waals surface area contributed by atoms with Crippen molar-refractivity contribution in [1.29, 1.82) is 0 Å². The van der Waals surface area contributed by atoms with Crippen LogP contribution in [0.3, 0.4) is 0 Å². The highest BCUT2D eigenvalue weighted by molar-refractivity contribution is 4.97. The monoisotopic (exact) mass is 574 g/mol. The van der Waals surface area contributed by atoms with Crippen molar-refractivity contribution < 1.29 is 39.9 Å².